The lowest BCUT2D eigenvalue weighted by Crippen LogP contribution is -2.34. The van der Waals surface area contributed by atoms with Crippen molar-refractivity contribution in [3.8, 4) is 0 Å². The van der Waals surface area contributed by atoms with Crippen LogP contribution < -0.4 is 0 Å². The molecular weight excluding hydrogens is 166 g/mol. The molecule has 1 saturated heterocycles. The quantitative estimate of drug-likeness (QED) is 0.584. The summed E-state index contributed by atoms with van der Waals surface area (Å²) < 4.78 is 4.81. The molecule has 0 aliphatic carbocycles. The van der Waals surface area contributed by atoms with Crippen LogP contribution in [0.15, 0.2) is 0 Å². The molecule has 1 heterocycles. The highest BCUT2D eigenvalue weighted by Gasteiger charge is 2.28. The van der Waals surface area contributed by atoms with Gasteiger partial charge in [0.25, 0.3) is 0 Å². The Bertz CT molecular complexity index is 140. The number of carbonyl (C=O) groups excluding carboxylic acids is 1. The molecule has 0 aromatic rings. The maximum atomic E-state index is 10.9. The molecule has 1 rings (SSSR count). The molecule has 0 bridgehead atoms. The fourth-order valence-corrected chi connectivity index (χ4v) is 1.11. The molecule has 0 aromatic carbocycles. The number of hydrogen-bond donors (Lipinski definition) is 0. The third kappa shape index (κ3) is 2.34. The second-order valence-electron chi connectivity index (χ2n) is 2.55. The van der Waals surface area contributed by atoms with Crippen molar-refractivity contribution in [2.75, 3.05) is 20.2 Å². The zero-order valence-corrected chi connectivity index (χ0v) is 7.69. The lowest BCUT2D eigenvalue weighted by molar-refractivity contribution is -0.141. The first-order chi connectivity index (χ1) is 4.75. The Morgan fingerprint density at radius 2 is 2.36 bits per heavy atom. The summed E-state index contributed by atoms with van der Waals surface area (Å²) in [5.41, 5.74) is 0. The maximum Gasteiger partial charge on any atom is 0.323 e. The summed E-state index contributed by atoms with van der Waals surface area (Å²) in [6.45, 7) is 3.53. The topological polar surface area (TPSA) is 29.5 Å². The normalized spacial score (nSPS) is 23.2. The fraction of sp³-hybridized carbons (Fsp3) is 0.857. The van der Waals surface area contributed by atoms with Crippen molar-refractivity contribution in [2.45, 2.75) is 19.4 Å². The molecule has 0 radical (unpaired) electrons. The van der Waals surface area contributed by atoms with Gasteiger partial charge in [-0.15, -0.1) is 12.4 Å². The Labute approximate surface area is 73.1 Å². The Hall–Kier alpha value is -0.280. The van der Waals surface area contributed by atoms with Gasteiger partial charge >= 0.3 is 5.97 Å². The monoisotopic (exact) mass is 179 g/mol. The van der Waals surface area contributed by atoms with Crippen LogP contribution in [0.5, 0.6) is 0 Å². The Kier molecular flexibility index (Phi) is 4.45. The van der Waals surface area contributed by atoms with Crippen LogP contribution in [0.3, 0.4) is 0 Å². The summed E-state index contributed by atoms with van der Waals surface area (Å²) in [6, 6.07) is 0.0185. The summed E-state index contributed by atoms with van der Waals surface area (Å²) in [6.07, 6.45) is 0.850. The summed E-state index contributed by atoms with van der Waals surface area (Å²) in [5, 5.41) is 0. The third-order valence-electron chi connectivity index (χ3n) is 1.94. The number of carbonyl (C=O) groups is 1. The number of rotatable bonds is 2. The highest BCUT2D eigenvalue weighted by Crippen LogP contribution is 2.11. The van der Waals surface area contributed by atoms with Gasteiger partial charge in [0.2, 0.25) is 0 Å². The molecule has 66 valence electrons. The largest absolute Gasteiger partial charge is 0.464 e. The highest BCUT2D eigenvalue weighted by molar-refractivity contribution is 5.85. The van der Waals surface area contributed by atoms with Crippen molar-refractivity contribution in [3.63, 3.8) is 0 Å². The van der Waals surface area contributed by atoms with Gasteiger partial charge in [-0.05, 0) is 13.6 Å². The fourth-order valence-electron chi connectivity index (χ4n) is 1.11. The predicted molar refractivity (Wildman–Crippen MR) is 44.9 cm³/mol. The van der Waals surface area contributed by atoms with Crippen LogP contribution in [-0.4, -0.2) is 37.1 Å². The molecule has 1 fully saturated rings. The van der Waals surface area contributed by atoms with E-state index in [0.717, 1.165) is 13.0 Å². The van der Waals surface area contributed by atoms with E-state index >= 15 is 0 Å². The minimum atomic E-state index is -0.0654. The molecule has 0 N–H and O–H groups in total. The van der Waals surface area contributed by atoms with E-state index < -0.39 is 0 Å². The first-order valence-corrected chi connectivity index (χ1v) is 3.62. The van der Waals surface area contributed by atoms with Gasteiger partial charge in [0.05, 0.1) is 6.61 Å². The van der Waals surface area contributed by atoms with Crippen LogP contribution in [0.1, 0.15) is 13.3 Å². The average Bonchev–Trinajstić information content (AvgIpc) is 2.34. The minimum absolute atomic E-state index is 0. The Morgan fingerprint density at radius 3 is 2.73 bits per heavy atom. The van der Waals surface area contributed by atoms with Crippen molar-refractivity contribution >= 4 is 18.4 Å². The second-order valence-corrected chi connectivity index (χ2v) is 2.55. The number of likely N-dealkylation sites (N-methyl/N-ethyl adjacent to an activating group) is 1. The number of nitrogens with zero attached hydrogens (tertiary/aromatic N) is 1. The smallest absolute Gasteiger partial charge is 0.323 e. The summed E-state index contributed by atoms with van der Waals surface area (Å²) in [5.74, 6) is -0.0654. The van der Waals surface area contributed by atoms with E-state index in [-0.39, 0.29) is 24.4 Å². The molecule has 1 unspecified atom stereocenters. The molecule has 3 nitrogen and oxygen atoms in total. The van der Waals surface area contributed by atoms with Crippen molar-refractivity contribution < 1.29 is 9.53 Å². The van der Waals surface area contributed by atoms with E-state index in [1.807, 2.05) is 18.9 Å². The van der Waals surface area contributed by atoms with Crippen molar-refractivity contribution in [3.05, 3.63) is 0 Å². The molecule has 11 heavy (non-hydrogen) atoms. The zero-order chi connectivity index (χ0) is 7.56. The number of esters is 1. The second kappa shape index (κ2) is 4.57. The van der Waals surface area contributed by atoms with Gasteiger partial charge in [-0.1, -0.05) is 6.92 Å². The van der Waals surface area contributed by atoms with Gasteiger partial charge in [-0.25, -0.2) is 0 Å². The molecule has 1 aliphatic heterocycles. The van der Waals surface area contributed by atoms with Crippen molar-refractivity contribution in [1.82, 2.24) is 4.90 Å². The molecule has 1 aliphatic rings. The summed E-state index contributed by atoms with van der Waals surface area (Å²) in [7, 11) is 1.94. The molecule has 0 amide bonds. The van der Waals surface area contributed by atoms with Gasteiger partial charge < -0.3 is 4.74 Å². The lowest BCUT2D eigenvalue weighted by Gasteiger charge is -2.17. The minimum Gasteiger partial charge on any atom is -0.464 e. The van der Waals surface area contributed by atoms with Crippen LogP contribution >= 0.6 is 12.4 Å². The van der Waals surface area contributed by atoms with Crippen molar-refractivity contribution in [2.24, 2.45) is 0 Å². The number of cyclic esters (lactones) is 1. The first-order valence-electron chi connectivity index (χ1n) is 3.62. The molecule has 1 atom stereocenters. The van der Waals surface area contributed by atoms with E-state index in [1.54, 1.807) is 0 Å². The van der Waals surface area contributed by atoms with E-state index in [0.29, 0.717) is 6.61 Å². The first kappa shape index (κ1) is 10.7. The summed E-state index contributed by atoms with van der Waals surface area (Å²) >= 11 is 0. The molecular formula is C7H14ClNO2. The van der Waals surface area contributed by atoms with Crippen LogP contribution in [-0.2, 0) is 9.53 Å². The highest BCUT2D eigenvalue weighted by atomic mass is 35.5. The molecule has 0 spiro atoms. The maximum absolute atomic E-state index is 10.9. The third-order valence-corrected chi connectivity index (χ3v) is 1.94. The van der Waals surface area contributed by atoms with Gasteiger partial charge in [0, 0.05) is 6.42 Å². The predicted octanol–water partition coefficient (Wildman–Crippen LogP) is 0.675. The van der Waals surface area contributed by atoms with Crippen LogP contribution in [0, 0.1) is 0 Å². The van der Waals surface area contributed by atoms with Crippen LogP contribution in [0.25, 0.3) is 0 Å². The molecule has 4 heteroatoms. The standard InChI is InChI=1S/C7H13NO2.ClH/c1-3-8(2)6-4-5-10-7(6)9;/h6H,3-5H2,1-2H3;1H. The van der Waals surface area contributed by atoms with Gasteiger partial charge in [0.1, 0.15) is 6.04 Å². The number of halogens is 1. The van der Waals surface area contributed by atoms with Gasteiger partial charge in [-0.2, -0.15) is 0 Å². The molecule has 0 saturated carbocycles. The average molecular weight is 180 g/mol. The summed E-state index contributed by atoms with van der Waals surface area (Å²) in [4.78, 5) is 12.9. The molecule has 0 aromatic heterocycles. The van der Waals surface area contributed by atoms with E-state index in [2.05, 4.69) is 0 Å². The van der Waals surface area contributed by atoms with E-state index in [1.165, 1.54) is 0 Å². The van der Waals surface area contributed by atoms with Crippen LogP contribution in [0.2, 0.25) is 0 Å². The lowest BCUT2D eigenvalue weighted by atomic mass is 10.2. The Morgan fingerprint density at radius 1 is 1.73 bits per heavy atom. The van der Waals surface area contributed by atoms with Gasteiger partial charge in [-0.3, -0.25) is 9.69 Å². The number of hydrogen-bond acceptors (Lipinski definition) is 3. The van der Waals surface area contributed by atoms with Crippen molar-refractivity contribution in [1.29, 1.82) is 0 Å². The Balaban J connectivity index is 0.000001000. The van der Waals surface area contributed by atoms with Gasteiger partial charge in [0.15, 0.2) is 0 Å². The SMILES string of the molecule is CCN(C)C1CCOC1=O.Cl. The number of ether oxygens (including phenoxy) is 1. The van der Waals surface area contributed by atoms with E-state index in [4.69, 9.17) is 4.74 Å². The zero-order valence-electron chi connectivity index (χ0n) is 6.87. The van der Waals surface area contributed by atoms with E-state index in [9.17, 15) is 4.79 Å². The van der Waals surface area contributed by atoms with Crippen LogP contribution in [0.4, 0.5) is 0 Å².